The number of carbonyl (C=O) groups is 1. The highest BCUT2D eigenvalue weighted by Gasteiger charge is 2.49. The highest BCUT2D eigenvalue weighted by atomic mass is 16.6. The molecule has 0 radical (unpaired) electrons. The van der Waals surface area contributed by atoms with E-state index in [-0.39, 0.29) is 12.5 Å². The Morgan fingerprint density at radius 2 is 1.86 bits per heavy atom. The van der Waals surface area contributed by atoms with E-state index in [0.29, 0.717) is 29.2 Å². The number of fused-ring (bicyclic) bond motifs is 3. The smallest absolute Gasteiger partial charge is 0.304 e. The van der Waals surface area contributed by atoms with Gasteiger partial charge in [0.2, 0.25) is 5.88 Å². The lowest BCUT2D eigenvalue weighted by Crippen LogP contribution is -2.35. The molecule has 1 amide bonds. The van der Waals surface area contributed by atoms with E-state index < -0.39 is 5.91 Å². The van der Waals surface area contributed by atoms with Crippen molar-refractivity contribution in [1.82, 2.24) is 9.47 Å². The summed E-state index contributed by atoms with van der Waals surface area (Å²) in [6.07, 6.45) is 5.07. The Kier molecular flexibility index (Phi) is 6.38. The molecule has 8 heteroatoms. The minimum atomic E-state index is -0.583. The molecule has 5 rings (SSSR count). The summed E-state index contributed by atoms with van der Waals surface area (Å²) in [7, 11) is 0. The molecule has 2 fully saturated rings. The van der Waals surface area contributed by atoms with Gasteiger partial charge in [-0.05, 0) is 41.7 Å². The number of para-hydroxylation sites is 1. The number of oxime groups is 1. The van der Waals surface area contributed by atoms with Gasteiger partial charge in [-0.15, -0.1) is 10.2 Å². The summed E-state index contributed by atoms with van der Waals surface area (Å²) in [5.41, 5.74) is 2.64. The van der Waals surface area contributed by atoms with E-state index in [2.05, 4.69) is 41.1 Å². The molecule has 1 aromatic heterocycles. The first-order chi connectivity index (χ1) is 17.2. The molecule has 0 unspecified atom stereocenters. The van der Waals surface area contributed by atoms with Gasteiger partial charge in [0, 0.05) is 18.0 Å². The monoisotopic (exact) mass is 487 g/mol. The third-order valence-corrected chi connectivity index (χ3v) is 7.29. The third kappa shape index (κ3) is 5.04. The summed E-state index contributed by atoms with van der Waals surface area (Å²) in [6.45, 7) is 8.33. The number of amides is 1. The van der Waals surface area contributed by atoms with Crippen LogP contribution in [0.4, 0.5) is 5.69 Å². The molecular weight excluding hydrogens is 454 g/mol. The number of nitrogens with zero attached hydrogens (tertiary/aromatic N) is 5. The number of hydrogen-bond donors (Lipinski definition) is 1. The SMILES string of the molecule is CC1(C)C[C@H]2C[C@](C)(CN2Cn2c(O)c(N=NC(=O)CO/N=C\c3ccccc3)c3ccccc32)C1. The van der Waals surface area contributed by atoms with Gasteiger partial charge in [-0.3, -0.25) is 14.3 Å². The molecule has 188 valence electrons. The number of rotatable bonds is 7. The fraction of sp³-hybridized carbons (Fsp3) is 0.429. The van der Waals surface area contributed by atoms with Gasteiger partial charge in [-0.1, -0.05) is 74.5 Å². The van der Waals surface area contributed by atoms with Crippen LogP contribution in [0, 0.1) is 10.8 Å². The second-order valence-electron chi connectivity index (χ2n) is 11.2. The van der Waals surface area contributed by atoms with Gasteiger partial charge in [0.15, 0.2) is 12.3 Å². The molecule has 36 heavy (non-hydrogen) atoms. The van der Waals surface area contributed by atoms with Crippen molar-refractivity contribution < 1.29 is 14.7 Å². The average Bonchev–Trinajstić information content (AvgIpc) is 3.24. The van der Waals surface area contributed by atoms with E-state index in [4.69, 9.17) is 4.84 Å². The van der Waals surface area contributed by atoms with Crippen LogP contribution < -0.4 is 0 Å². The second-order valence-corrected chi connectivity index (χ2v) is 11.2. The van der Waals surface area contributed by atoms with Crippen molar-refractivity contribution in [2.24, 2.45) is 26.2 Å². The Morgan fingerprint density at radius 3 is 2.67 bits per heavy atom. The van der Waals surface area contributed by atoms with Crippen LogP contribution in [0.2, 0.25) is 0 Å². The van der Waals surface area contributed by atoms with Crippen LogP contribution in [-0.2, 0) is 16.3 Å². The molecule has 1 N–H and O–H groups in total. The molecule has 1 aliphatic carbocycles. The van der Waals surface area contributed by atoms with E-state index in [1.165, 1.54) is 19.1 Å². The Hall–Kier alpha value is -3.52. The molecule has 0 spiro atoms. The van der Waals surface area contributed by atoms with Crippen LogP contribution >= 0.6 is 0 Å². The van der Waals surface area contributed by atoms with E-state index in [1.54, 1.807) is 0 Å². The van der Waals surface area contributed by atoms with Gasteiger partial charge in [0.05, 0.1) is 18.4 Å². The minimum absolute atomic E-state index is 0.0154. The van der Waals surface area contributed by atoms with Crippen molar-refractivity contribution in [1.29, 1.82) is 0 Å². The number of azo groups is 1. The number of benzene rings is 2. The molecule has 1 aliphatic heterocycles. The zero-order valence-corrected chi connectivity index (χ0v) is 21.1. The van der Waals surface area contributed by atoms with Crippen LogP contribution in [0.1, 0.15) is 45.6 Å². The van der Waals surface area contributed by atoms with E-state index >= 15 is 0 Å². The van der Waals surface area contributed by atoms with Crippen LogP contribution in [0.25, 0.3) is 10.9 Å². The van der Waals surface area contributed by atoms with E-state index in [1.807, 2.05) is 59.2 Å². The zero-order valence-electron chi connectivity index (χ0n) is 21.1. The predicted octanol–water partition coefficient (Wildman–Crippen LogP) is 5.87. The van der Waals surface area contributed by atoms with Gasteiger partial charge in [-0.2, -0.15) is 0 Å². The highest BCUT2D eigenvalue weighted by molar-refractivity contribution is 5.95. The number of carbonyl (C=O) groups excluding carboxylic acids is 1. The molecule has 2 atom stereocenters. The molecule has 2 aliphatic rings. The number of aromatic nitrogens is 1. The van der Waals surface area contributed by atoms with Crippen LogP contribution in [0.15, 0.2) is 70.0 Å². The van der Waals surface area contributed by atoms with Crippen LogP contribution in [-0.4, -0.2) is 45.9 Å². The lowest BCUT2D eigenvalue weighted by atomic mass is 9.65. The van der Waals surface area contributed by atoms with Gasteiger partial charge in [-0.25, -0.2) is 0 Å². The summed E-state index contributed by atoms with van der Waals surface area (Å²) in [5.74, 6) is -0.568. The minimum Gasteiger partial charge on any atom is -0.493 e. The van der Waals surface area contributed by atoms with Gasteiger partial charge in [0.1, 0.15) is 0 Å². The van der Waals surface area contributed by atoms with Crippen LogP contribution in [0.3, 0.4) is 0 Å². The molecule has 1 saturated carbocycles. The van der Waals surface area contributed by atoms with Crippen molar-refractivity contribution in [3.05, 3.63) is 60.2 Å². The normalized spacial score (nSPS) is 23.7. The fourth-order valence-electron chi connectivity index (χ4n) is 6.30. The standard InChI is InChI=1S/C28H33N5O3/c1-27(2)13-21-14-28(3,17-27)18-32(21)19-33-23-12-8-7-11-22(23)25(26(33)35)31-30-24(34)16-36-29-15-20-9-5-4-6-10-20/h4-12,15,21,35H,13-14,16-19H2,1-3H3/b29-15-,31-30?/t21-,28-/m0/s1. The zero-order chi connectivity index (χ0) is 25.3. The first-order valence-corrected chi connectivity index (χ1v) is 12.4. The number of likely N-dealkylation sites (tertiary alicyclic amines) is 1. The van der Waals surface area contributed by atoms with E-state index in [0.717, 1.165) is 29.4 Å². The van der Waals surface area contributed by atoms with Crippen molar-refractivity contribution >= 4 is 28.7 Å². The maximum atomic E-state index is 12.2. The highest BCUT2D eigenvalue weighted by Crippen LogP contribution is 2.53. The fourth-order valence-corrected chi connectivity index (χ4v) is 6.30. The molecule has 2 aromatic carbocycles. The predicted molar refractivity (Wildman–Crippen MR) is 139 cm³/mol. The van der Waals surface area contributed by atoms with Gasteiger partial charge in [0.25, 0.3) is 0 Å². The summed E-state index contributed by atoms with van der Waals surface area (Å²) < 4.78 is 1.88. The maximum Gasteiger partial charge on any atom is 0.304 e. The Morgan fingerprint density at radius 1 is 1.11 bits per heavy atom. The second kappa shape index (κ2) is 9.50. The molecule has 3 aromatic rings. The first kappa shape index (κ1) is 24.2. The van der Waals surface area contributed by atoms with E-state index in [9.17, 15) is 9.90 Å². The lowest BCUT2D eigenvalue weighted by molar-refractivity contribution is -0.122. The summed E-state index contributed by atoms with van der Waals surface area (Å²) in [4.78, 5) is 19.8. The van der Waals surface area contributed by atoms with Crippen molar-refractivity contribution in [2.45, 2.75) is 52.7 Å². The van der Waals surface area contributed by atoms with Crippen molar-refractivity contribution in [2.75, 3.05) is 13.2 Å². The largest absolute Gasteiger partial charge is 0.493 e. The number of hydrogen-bond acceptors (Lipinski definition) is 6. The molecule has 8 nitrogen and oxygen atoms in total. The lowest BCUT2D eigenvalue weighted by Gasteiger charge is -2.40. The quantitative estimate of drug-likeness (QED) is 0.256. The third-order valence-electron chi connectivity index (χ3n) is 7.29. The van der Waals surface area contributed by atoms with Gasteiger partial charge < -0.3 is 9.94 Å². The average molecular weight is 488 g/mol. The molecule has 2 heterocycles. The Balaban J connectivity index is 1.31. The summed E-state index contributed by atoms with van der Waals surface area (Å²) in [6, 6.07) is 17.6. The topological polar surface area (TPSA) is 91.8 Å². The summed E-state index contributed by atoms with van der Waals surface area (Å²) in [5, 5.41) is 23.6. The van der Waals surface area contributed by atoms with Gasteiger partial charge >= 0.3 is 5.91 Å². The maximum absolute atomic E-state index is 12.2. The number of aromatic hydroxyl groups is 1. The molecule has 1 saturated heterocycles. The van der Waals surface area contributed by atoms with Crippen molar-refractivity contribution in [3.63, 3.8) is 0 Å². The summed E-state index contributed by atoms with van der Waals surface area (Å²) >= 11 is 0. The first-order valence-electron chi connectivity index (χ1n) is 12.4. The van der Waals surface area contributed by atoms with Crippen molar-refractivity contribution in [3.8, 4) is 5.88 Å². The molecule has 2 bridgehead atoms. The Bertz CT molecular complexity index is 1310. The molecular formula is C28H33N5O3. The van der Waals surface area contributed by atoms with Crippen LogP contribution in [0.5, 0.6) is 5.88 Å². The Labute approximate surface area is 211 Å².